The minimum absolute atomic E-state index is 0.191. The number of hydrogen-bond acceptors (Lipinski definition) is 8. The molecule has 1 fully saturated rings. The lowest BCUT2D eigenvalue weighted by Crippen LogP contribution is -2.67. The van der Waals surface area contributed by atoms with Gasteiger partial charge in [0.1, 0.15) is 6.10 Å². The van der Waals surface area contributed by atoms with E-state index in [-0.39, 0.29) is 18.6 Å². The van der Waals surface area contributed by atoms with Gasteiger partial charge in [0.05, 0.1) is 18.8 Å². The summed E-state index contributed by atoms with van der Waals surface area (Å²) in [7, 11) is 0. The maximum Gasteiger partial charge on any atom is 0.338 e. The van der Waals surface area contributed by atoms with Crippen LogP contribution in [0, 0.1) is 0 Å². The van der Waals surface area contributed by atoms with Gasteiger partial charge >= 0.3 is 17.9 Å². The van der Waals surface area contributed by atoms with Gasteiger partial charge in [-0.2, -0.15) is 8.78 Å². The highest BCUT2D eigenvalue weighted by atomic mass is 19.3. The molecule has 10 nitrogen and oxygen atoms in total. The number of hydrogen-bond donors (Lipinski definition) is 4. The largest absolute Gasteiger partial charge is 0.462 e. The molecule has 0 aliphatic carbocycles. The van der Waals surface area contributed by atoms with E-state index in [1.165, 1.54) is 38.2 Å². The number of nitrogens with one attached hydrogen (secondary N) is 1. The Kier molecular flexibility index (Phi) is 11.8. The molecule has 5 N–H and O–H groups in total. The van der Waals surface area contributed by atoms with Crippen LogP contribution in [0.25, 0.3) is 0 Å². The van der Waals surface area contributed by atoms with Crippen LogP contribution < -0.4 is 11.1 Å². The second-order valence-electron chi connectivity index (χ2n) is 10.6. The van der Waals surface area contributed by atoms with Crippen molar-refractivity contribution in [1.29, 1.82) is 0 Å². The molecule has 3 rings (SSSR count). The number of ketones is 1. The predicted molar refractivity (Wildman–Crippen MR) is 146 cm³/mol. The van der Waals surface area contributed by atoms with E-state index in [0.29, 0.717) is 10.5 Å². The normalized spacial score (nSPS) is 25.3. The fraction of sp³-hybridized carbons (Fsp3) is 0.621. The molecular weight excluding hydrogens is 540 g/mol. The van der Waals surface area contributed by atoms with Crippen LogP contribution in [-0.2, 0) is 20.7 Å². The number of halogens is 2. The van der Waals surface area contributed by atoms with Crippen molar-refractivity contribution in [3.63, 3.8) is 0 Å². The third-order valence-corrected chi connectivity index (χ3v) is 7.39. The van der Waals surface area contributed by atoms with Gasteiger partial charge in [-0.25, -0.2) is 9.59 Å². The lowest BCUT2D eigenvalue weighted by molar-refractivity contribution is -0.146. The van der Waals surface area contributed by atoms with Gasteiger partial charge in [-0.05, 0) is 24.1 Å². The summed E-state index contributed by atoms with van der Waals surface area (Å²) in [6, 6.07) is 5.22. The predicted octanol–water partition coefficient (Wildman–Crippen LogP) is 3.39. The van der Waals surface area contributed by atoms with Crippen molar-refractivity contribution >= 4 is 17.8 Å². The summed E-state index contributed by atoms with van der Waals surface area (Å²) in [6.07, 6.45) is 5.59. The summed E-state index contributed by atoms with van der Waals surface area (Å²) in [5.74, 6) is -5.17. The smallest absolute Gasteiger partial charge is 0.338 e. The van der Waals surface area contributed by atoms with Gasteiger partial charge in [0.2, 0.25) is 6.23 Å². The number of ether oxygens (including phenoxy) is 2. The van der Waals surface area contributed by atoms with E-state index in [1.54, 1.807) is 18.2 Å². The van der Waals surface area contributed by atoms with E-state index in [2.05, 4.69) is 12.2 Å². The number of carbonyl (C=O) groups excluding carboxylic acids is 3. The van der Waals surface area contributed by atoms with Crippen LogP contribution >= 0.6 is 0 Å². The molecule has 1 aromatic carbocycles. The molecular formula is C29H41F2N3O7. The maximum atomic E-state index is 14.5. The molecule has 2 heterocycles. The number of aliphatic hydroxyl groups is 2. The number of urea groups is 1. The second kappa shape index (κ2) is 14.8. The number of unbranched alkanes of at least 4 members (excludes halogenated alkanes) is 8. The van der Waals surface area contributed by atoms with E-state index < -0.39 is 54.4 Å². The molecule has 41 heavy (non-hydrogen) atoms. The number of alkyl halides is 2. The lowest BCUT2D eigenvalue weighted by Gasteiger charge is -2.37. The third kappa shape index (κ3) is 8.09. The zero-order valence-electron chi connectivity index (χ0n) is 23.4. The van der Waals surface area contributed by atoms with Crippen LogP contribution in [0.1, 0.15) is 80.6 Å². The zero-order valence-corrected chi connectivity index (χ0v) is 23.4. The van der Waals surface area contributed by atoms with E-state index in [1.807, 2.05) is 0 Å². The van der Waals surface area contributed by atoms with Crippen LogP contribution in [0.4, 0.5) is 13.6 Å². The van der Waals surface area contributed by atoms with Crippen LogP contribution in [0.15, 0.2) is 36.5 Å². The van der Waals surface area contributed by atoms with Gasteiger partial charge in [0, 0.05) is 12.6 Å². The van der Waals surface area contributed by atoms with E-state index in [9.17, 15) is 33.4 Å². The van der Waals surface area contributed by atoms with Crippen LogP contribution in [-0.4, -0.2) is 76.1 Å². The van der Waals surface area contributed by atoms with Crippen molar-refractivity contribution in [2.24, 2.45) is 5.73 Å². The van der Waals surface area contributed by atoms with E-state index in [0.717, 1.165) is 38.0 Å². The highest BCUT2D eigenvalue weighted by Crippen LogP contribution is 2.38. The molecule has 1 saturated heterocycles. The van der Waals surface area contributed by atoms with E-state index in [4.69, 9.17) is 15.2 Å². The van der Waals surface area contributed by atoms with Crippen molar-refractivity contribution in [3.8, 4) is 0 Å². The Morgan fingerprint density at radius 2 is 1.73 bits per heavy atom. The lowest BCUT2D eigenvalue weighted by atomic mass is 9.94. The molecule has 1 unspecified atom stereocenters. The van der Waals surface area contributed by atoms with Gasteiger partial charge in [0.15, 0.2) is 17.6 Å². The summed E-state index contributed by atoms with van der Waals surface area (Å²) in [4.78, 5) is 39.0. The molecule has 228 valence electrons. The highest BCUT2D eigenvalue weighted by Gasteiger charge is 2.61. The fourth-order valence-electron chi connectivity index (χ4n) is 4.86. The Morgan fingerprint density at radius 3 is 2.34 bits per heavy atom. The zero-order chi connectivity index (χ0) is 30.0. The van der Waals surface area contributed by atoms with Gasteiger partial charge in [-0.3, -0.25) is 15.4 Å². The standard InChI is InChI=1S/C29H41F2N3O7/c1-2-3-4-5-6-7-8-9-12-17-40-25(38)21-14-11-10-13-20(21)18-23(36)28(32)15-16-34(27(39)33-28)26-29(30,31)24(37)22(19-35)41-26/h10-11,13-16,22,24,26,35,37H,2-9,12,17-19,32H2,1H3,(H,33,39)/t22-,24-,26-,28?/m1/s1. The number of Topliss-reactive ketones (excluding diaryl/α,β-unsaturated/α-hetero) is 1. The Bertz CT molecular complexity index is 1090. The first-order valence-electron chi connectivity index (χ1n) is 14.2. The summed E-state index contributed by atoms with van der Waals surface area (Å²) in [5, 5.41) is 21.1. The average Bonchev–Trinajstić information content (AvgIpc) is 3.17. The molecule has 2 aliphatic rings. The Balaban J connectivity index is 1.54. The number of benzene rings is 1. The summed E-state index contributed by atoms with van der Waals surface area (Å²) in [6.45, 7) is 1.56. The summed E-state index contributed by atoms with van der Waals surface area (Å²) in [5.41, 5.74) is 4.60. The van der Waals surface area contributed by atoms with Crippen molar-refractivity contribution in [1.82, 2.24) is 10.2 Å². The molecule has 0 radical (unpaired) electrons. The van der Waals surface area contributed by atoms with Gasteiger partial charge in [-0.1, -0.05) is 76.5 Å². The summed E-state index contributed by atoms with van der Waals surface area (Å²) < 4.78 is 39.4. The molecule has 0 bridgehead atoms. The average molecular weight is 582 g/mol. The van der Waals surface area contributed by atoms with Gasteiger partial charge in [-0.15, -0.1) is 0 Å². The van der Waals surface area contributed by atoms with Crippen molar-refractivity contribution in [3.05, 3.63) is 47.7 Å². The Morgan fingerprint density at radius 1 is 1.10 bits per heavy atom. The number of amides is 2. The molecule has 12 heteroatoms. The minimum Gasteiger partial charge on any atom is -0.462 e. The number of nitrogens with two attached hydrogens (primary N) is 1. The number of rotatable bonds is 16. The SMILES string of the molecule is CCCCCCCCCCCOC(=O)c1ccccc1CC(=O)C1(N)C=CN([C@@H]2O[C@H](CO)[C@@H](O)C2(F)F)C(=O)N1. The van der Waals surface area contributed by atoms with Crippen LogP contribution in [0.5, 0.6) is 0 Å². The highest BCUT2D eigenvalue weighted by molar-refractivity contribution is 5.99. The van der Waals surface area contributed by atoms with Crippen molar-refractivity contribution in [2.75, 3.05) is 13.2 Å². The van der Waals surface area contributed by atoms with Crippen molar-refractivity contribution < 1.29 is 42.9 Å². The number of carbonyl (C=O) groups is 3. The molecule has 2 aliphatic heterocycles. The van der Waals surface area contributed by atoms with E-state index >= 15 is 0 Å². The molecule has 0 saturated carbocycles. The maximum absolute atomic E-state index is 14.5. The number of esters is 1. The third-order valence-electron chi connectivity index (χ3n) is 7.39. The quantitative estimate of drug-likeness (QED) is 0.171. The molecule has 0 aromatic heterocycles. The molecule has 0 spiro atoms. The second-order valence-corrected chi connectivity index (χ2v) is 10.6. The van der Waals surface area contributed by atoms with Gasteiger partial charge < -0.3 is 25.0 Å². The summed E-state index contributed by atoms with van der Waals surface area (Å²) >= 11 is 0. The Labute approximate surface area is 238 Å². The fourth-order valence-corrected chi connectivity index (χ4v) is 4.86. The molecule has 2 amide bonds. The Hall–Kier alpha value is -2.93. The van der Waals surface area contributed by atoms with Crippen LogP contribution in [0.3, 0.4) is 0 Å². The van der Waals surface area contributed by atoms with Crippen molar-refractivity contribution in [2.45, 2.75) is 101 Å². The molecule has 4 atom stereocenters. The first-order chi connectivity index (χ1) is 19.5. The monoisotopic (exact) mass is 581 g/mol. The van der Waals surface area contributed by atoms with Gasteiger partial charge in [0.25, 0.3) is 0 Å². The first kappa shape index (κ1) is 32.6. The topological polar surface area (TPSA) is 151 Å². The van der Waals surface area contributed by atoms with Crippen LogP contribution in [0.2, 0.25) is 0 Å². The number of aliphatic hydroxyl groups excluding tert-OH is 2. The molecule has 1 aromatic rings. The minimum atomic E-state index is -3.89. The number of nitrogens with zero attached hydrogens (tertiary/aromatic N) is 1. The first-order valence-corrected chi connectivity index (χ1v) is 14.2.